The van der Waals surface area contributed by atoms with Gasteiger partial charge in [0.05, 0.1) is 41.6 Å². The van der Waals surface area contributed by atoms with Crippen molar-refractivity contribution in [2.75, 3.05) is 19.0 Å². The van der Waals surface area contributed by atoms with Gasteiger partial charge in [0, 0.05) is 23.7 Å². The van der Waals surface area contributed by atoms with Crippen molar-refractivity contribution >= 4 is 40.2 Å². The van der Waals surface area contributed by atoms with Gasteiger partial charge in [-0.25, -0.2) is 9.78 Å². The van der Waals surface area contributed by atoms with E-state index in [4.69, 9.17) is 21.1 Å². The molecule has 152 valence electrons. The topological polar surface area (TPSA) is 84.2 Å². The molecule has 3 rings (SSSR count). The standard InChI is InChI=1S/C23H20ClN3O3/c1-3-30-23(28)9-6-17-12-21(18-10-15(13-25)4-7-20(18)27-17)26-14-16-5-8-22(29-2)19(24)11-16/h4-12H,3,14H2,1-2H3,(H,26,27)/b9-6+. The number of ether oxygens (including phenoxy) is 2. The van der Waals surface area contributed by atoms with Gasteiger partial charge in [-0.2, -0.15) is 5.26 Å². The van der Waals surface area contributed by atoms with Crippen LogP contribution in [0.15, 0.2) is 48.5 Å². The summed E-state index contributed by atoms with van der Waals surface area (Å²) in [6.45, 7) is 2.56. The number of fused-ring (bicyclic) bond motifs is 1. The van der Waals surface area contributed by atoms with E-state index in [1.807, 2.05) is 24.3 Å². The molecule has 7 heteroatoms. The Morgan fingerprint density at radius 3 is 2.80 bits per heavy atom. The summed E-state index contributed by atoms with van der Waals surface area (Å²) >= 11 is 6.22. The smallest absolute Gasteiger partial charge is 0.330 e. The molecule has 0 saturated carbocycles. The number of methoxy groups -OCH3 is 1. The Hall–Kier alpha value is -3.56. The van der Waals surface area contributed by atoms with Gasteiger partial charge in [0.25, 0.3) is 0 Å². The number of nitriles is 1. The lowest BCUT2D eigenvalue weighted by Crippen LogP contribution is -2.02. The third kappa shape index (κ3) is 5.07. The second kappa shape index (κ2) is 9.77. The highest BCUT2D eigenvalue weighted by molar-refractivity contribution is 6.32. The average molecular weight is 422 g/mol. The largest absolute Gasteiger partial charge is 0.495 e. The summed E-state index contributed by atoms with van der Waals surface area (Å²) in [6.07, 6.45) is 2.94. The minimum Gasteiger partial charge on any atom is -0.495 e. The normalized spacial score (nSPS) is 10.7. The van der Waals surface area contributed by atoms with Gasteiger partial charge in [-0.3, -0.25) is 0 Å². The van der Waals surface area contributed by atoms with Crippen LogP contribution in [-0.2, 0) is 16.1 Å². The number of carbonyl (C=O) groups is 1. The summed E-state index contributed by atoms with van der Waals surface area (Å²) in [5.74, 6) is 0.182. The number of esters is 1. The monoisotopic (exact) mass is 421 g/mol. The number of hydrogen-bond acceptors (Lipinski definition) is 6. The van der Waals surface area contributed by atoms with Crippen molar-refractivity contribution in [1.82, 2.24) is 4.98 Å². The summed E-state index contributed by atoms with van der Waals surface area (Å²) in [5.41, 5.74) is 3.58. The first kappa shape index (κ1) is 21.2. The second-order valence-corrected chi connectivity index (χ2v) is 6.75. The maximum Gasteiger partial charge on any atom is 0.330 e. The molecule has 1 N–H and O–H groups in total. The van der Waals surface area contributed by atoms with E-state index in [0.717, 1.165) is 16.6 Å². The zero-order chi connectivity index (χ0) is 21.5. The zero-order valence-corrected chi connectivity index (χ0v) is 17.4. The molecule has 3 aromatic rings. The molecule has 0 bridgehead atoms. The highest BCUT2D eigenvalue weighted by Crippen LogP contribution is 2.28. The van der Waals surface area contributed by atoms with E-state index in [9.17, 15) is 10.1 Å². The summed E-state index contributed by atoms with van der Waals surface area (Å²) in [7, 11) is 1.57. The number of benzene rings is 2. The van der Waals surface area contributed by atoms with Crippen molar-refractivity contribution in [3.8, 4) is 11.8 Å². The van der Waals surface area contributed by atoms with Gasteiger partial charge in [0.2, 0.25) is 0 Å². The van der Waals surface area contributed by atoms with E-state index < -0.39 is 5.97 Å². The summed E-state index contributed by atoms with van der Waals surface area (Å²) < 4.78 is 10.1. The zero-order valence-electron chi connectivity index (χ0n) is 16.6. The van der Waals surface area contributed by atoms with E-state index in [0.29, 0.717) is 40.7 Å². The fraction of sp³-hybridized carbons (Fsp3) is 0.174. The van der Waals surface area contributed by atoms with E-state index in [1.165, 1.54) is 6.08 Å². The maximum absolute atomic E-state index is 11.6. The molecule has 1 heterocycles. The number of nitrogens with zero attached hydrogens (tertiary/aromatic N) is 2. The van der Waals surface area contributed by atoms with Crippen molar-refractivity contribution in [2.24, 2.45) is 0 Å². The van der Waals surface area contributed by atoms with Crippen molar-refractivity contribution < 1.29 is 14.3 Å². The van der Waals surface area contributed by atoms with Gasteiger partial charge in [-0.15, -0.1) is 0 Å². The highest BCUT2D eigenvalue weighted by Gasteiger charge is 2.08. The molecule has 30 heavy (non-hydrogen) atoms. The molecule has 0 radical (unpaired) electrons. The molecule has 0 atom stereocenters. The predicted octanol–water partition coefficient (Wildman–Crippen LogP) is 4.96. The lowest BCUT2D eigenvalue weighted by molar-refractivity contribution is -0.137. The van der Waals surface area contributed by atoms with Gasteiger partial charge in [0.15, 0.2) is 0 Å². The molecule has 1 aromatic heterocycles. The van der Waals surface area contributed by atoms with Gasteiger partial charge in [0.1, 0.15) is 5.75 Å². The number of rotatable bonds is 7. The third-order valence-corrected chi connectivity index (χ3v) is 4.63. The minimum atomic E-state index is -0.429. The van der Waals surface area contributed by atoms with Gasteiger partial charge in [-0.1, -0.05) is 17.7 Å². The number of carbonyl (C=O) groups excluding carboxylic acids is 1. The van der Waals surface area contributed by atoms with Crippen LogP contribution in [0.3, 0.4) is 0 Å². The van der Waals surface area contributed by atoms with Crippen LogP contribution in [0.1, 0.15) is 23.7 Å². The van der Waals surface area contributed by atoms with Crippen LogP contribution < -0.4 is 10.1 Å². The lowest BCUT2D eigenvalue weighted by Gasteiger charge is -2.12. The summed E-state index contributed by atoms with van der Waals surface area (Å²) in [4.78, 5) is 16.2. The average Bonchev–Trinajstić information content (AvgIpc) is 2.76. The number of anilines is 1. The van der Waals surface area contributed by atoms with E-state index in [2.05, 4.69) is 16.4 Å². The molecule has 0 unspecified atom stereocenters. The van der Waals surface area contributed by atoms with Crippen LogP contribution in [0.2, 0.25) is 5.02 Å². The third-order valence-electron chi connectivity index (χ3n) is 4.33. The number of halogens is 1. The quantitative estimate of drug-likeness (QED) is 0.429. The summed E-state index contributed by atoms with van der Waals surface area (Å²) in [6, 6.07) is 14.8. The molecule has 0 fully saturated rings. The lowest BCUT2D eigenvalue weighted by atomic mass is 10.1. The molecule has 2 aromatic carbocycles. The maximum atomic E-state index is 11.6. The molecule has 0 spiro atoms. The van der Waals surface area contributed by atoms with Crippen LogP contribution in [-0.4, -0.2) is 24.7 Å². The molecular weight excluding hydrogens is 402 g/mol. The van der Waals surface area contributed by atoms with Crippen molar-refractivity contribution in [3.05, 3.63) is 70.4 Å². The Labute approximate surface area is 179 Å². The van der Waals surface area contributed by atoms with Crippen LogP contribution >= 0.6 is 11.6 Å². The SMILES string of the molecule is CCOC(=O)/C=C/c1cc(NCc2ccc(OC)c(Cl)c2)c2cc(C#N)ccc2n1. The fourth-order valence-electron chi connectivity index (χ4n) is 2.91. The van der Waals surface area contributed by atoms with E-state index in [-0.39, 0.29) is 0 Å². The number of nitrogens with one attached hydrogen (secondary N) is 1. The van der Waals surface area contributed by atoms with Crippen LogP contribution in [0, 0.1) is 11.3 Å². The van der Waals surface area contributed by atoms with Crippen molar-refractivity contribution in [2.45, 2.75) is 13.5 Å². The predicted molar refractivity (Wildman–Crippen MR) is 117 cm³/mol. The molecule has 0 amide bonds. The Morgan fingerprint density at radius 2 is 2.10 bits per heavy atom. The van der Waals surface area contributed by atoms with Crippen molar-refractivity contribution in [1.29, 1.82) is 5.26 Å². The Kier molecular flexibility index (Phi) is 6.89. The molecule has 0 aliphatic heterocycles. The second-order valence-electron chi connectivity index (χ2n) is 6.35. The Bertz CT molecular complexity index is 1150. The molecule has 0 saturated heterocycles. The highest BCUT2D eigenvalue weighted by atomic mass is 35.5. The minimum absolute atomic E-state index is 0.308. The molecule has 6 nitrogen and oxygen atoms in total. The van der Waals surface area contributed by atoms with E-state index in [1.54, 1.807) is 38.3 Å². The number of pyridine rings is 1. The number of hydrogen-bond donors (Lipinski definition) is 1. The first-order chi connectivity index (χ1) is 14.5. The Balaban J connectivity index is 1.94. The Morgan fingerprint density at radius 1 is 1.27 bits per heavy atom. The van der Waals surface area contributed by atoms with Crippen LogP contribution in [0.4, 0.5) is 5.69 Å². The van der Waals surface area contributed by atoms with Gasteiger partial charge in [-0.05, 0) is 55.0 Å². The molecular formula is C23H20ClN3O3. The van der Waals surface area contributed by atoms with Crippen LogP contribution in [0.5, 0.6) is 5.75 Å². The van der Waals surface area contributed by atoms with Gasteiger partial charge < -0.3 is 14.8 Å². The van der Waals surface area contributed by atoms with E-state index >= 15 is 0 Å². The summed E-state index contributed by atoms with van der Waals surface area (Å²) in [5, 5.41) is 14.0. The van der Waals surface area contributed by atoms with Gasteiger partial charge >= 0.3 is 5.97 Å². The molecule has 0 aliphatic rings. The van der Waals surface area contributed by atoms with Crippen LogP contribution in [0.25, 0.3) is 17.0 Å². The first-order valence-corrected chi connectivity index (χ1v) is 9.68. The molecule has 0 aliphatic carbocycles. The fourth-order valence-corrected chi connectivity index (χ4v) is 3.19. The number of aromatic nitrogens is 1. The van der Waals surface area contributed by atoms with Crippen molar-refractivity contribution in [3.63, 3.8) is 0 Å². The first-order valence-electron chi connectivity index (χ1n) is 9.30.